The normalized spacial score (nSPS) is 13.1. The zero-order valence-corrected chi connectivity index (χ0v) is 20.3. The van der Waals surface area contributed by atoms with Gasteiger partial charge in [0.1, 0.15) is 10.7 Å². The number of hydrogen-bond acceptors (Lipinski definition) is 6. The number of amides is 1. The van der Waals surface area contributed by atoms with Crippen LogP contribution in [0.4, 0.5) is 0 Å². The molecular weight excluding hydrogens is 486 g/mol. The summed E-state index contributed by atoms with van der Waals surface area (Å²) in [6.45, 7) is 1.63. The Balaban J connectivity index is 1.20. The van der Waals surface area contributed by atoms with Gasteiger partial charge in [0.25, 0.3) is 5.91 Å². The van der Waals surface area contributed by atoms with Crippen molar-refractivity contribution in [3.63, 3.8) is 0 Å². The monoisotopic (exact) mass is 503 g/mol. The minimum absolute atomic E-state index is 0.00296. The van der Waals surface area contributed by atoms with Gasteiger partial charge in [0.2, 0.25) is 0 Å². The lowest BCUT2D eigenvalue weighted by atomic mass is 10.1. The molecule has 4 heterocycles. The van der Waals surface area contributed by atoms with Crippen LogP contribution in [0.5, 0.6) is 0 Å². The fraction of sp³-hybridized carbons (Fsp3) is 0.120. The summed E-state index contributed by atoms with van der Waals surface area (Å²) >= 11 is 9.55. The van der Waals surface area contributed by atoms with Crippen LogP contribution in [-0.4, -0.2) is 37.1 Å². The van der Waals surface area contributed by atoms with E-state index in [2.05, 4.69) is 26.2 Å². The van der Waals surface area contributed by atoms with Crippen LogP contribution in [0.1, 0.15) is 16.2 Å². The highest BCUT2D eigenvalue weighted by molar-refractivity contribution is 7.13. The number of thiazole rings is 1. The third kappa shape index (κ3) is 3.83. The van der Waals surface area contributed by atoms with Crippen molar-refractivity contribution in [3.05, 3.63) is 87.8 Å². The number of fused-ring (bicyclic) bond motifs is 1. The van der Waals surface area contributed by atoms with Gasteiger partial charge in [-0.05, 0) is 35.2 Å². The molecule has 0 fully saturated rings. The molecule has 1 amide bonds. The molecule has 6 rings (SSSR count). The van der Waals surface area contributed by atoms with E-state index >= 15 is 0 Å². The van der Waals surface area contributed by atoms with Crippen LogP contribution >= 0.6 is 34.3 Å². The smallest absolute Gasteiger partial charge is 0.254 e. The van der Waals surface area contributed by atoms with E-state index < -0.39 is 0 Å². The van der Waals surface area contributed by atoms with Crippen LogP contribution in [0, 0.1) is 0 Å². The summed E-state index contributed by atoms with van der Waals surface area (Å²) in [6.07, 6.45) is 0. The molecule has 0 atom stereocenters. The lowest BCUT2D eigenvalue weighted by Crippen LogP contribution is -2.38. The van der Waals surface area contributed by atoms with E-state index in [1.54, 1.807) is 11.3 Å². The van der Waals surface area contributed by atoms with E-state index in [9.17, 15) is 4.79 Å². The van der Waals surface area contributed by atoms with Gasteiger partial charge in [0.05, 0.1) is 11.6 Å². The molecule has 0 radical (unpaired) electrons. The molecule has 0 bridgehead atoms. The summed E-state index contributed by atoms with van der Waals surface area (Å²) in [5.41, 5.74) is 3.47. The Hall–Kier alpha value is -3.33. The van der Waals surface area contributed by atoms with Crippen molar-refractivity contribution in [2.75, 3.05) is 6.54 Å². The van der Waals surface area contributed by atoms with E-state index in [4.69, 9.17) is 16.6 Å². The molecule has 0 unspecified atom stereocenters. The van der Waals surface area contributed by atoms with E-state index in [-0.39, 0.29) is 5.91 Å². The lowest BCUT2D eigenvalue weighted by Gasteiger charge is -2.27. The maximum atomic E-state index is 13.1. The lowest BCUT2D eigenvalue weighted by molar-refractivity contribution is 0.0708. The summed E-state index contributed by atoms with van der Waals surface area (Å²) in [6, 6.07) is 19.6. The Morgan fingerprint density at radius 2 is 1.79 bits per heavy atom. The number of carbonyl (C=O) groups is 1. The molecule has 3 aromatic heterocycles. The van der Waals surface area contributed by atoms with Crippen molar-refractivity contribution in [2.45, 2.75) is 13.1 Å². The summed E-state index contributed by atoms with van der Waals surface area (Å²) in [7, 11) is 0. The van der Waals surface area contributed by atoms with E-state index in [1.807, 2.05) is 64.9 Å². The first kappa shape index (κ1) is 21.2. The molecule has 168 valence electrons. The van der Waals surface area contributed by atoms with Crippen molar-refractivity contribution in [1.29, 1.82) is 0 Å². The van der Waals surface area contributed by atoms with Crippen molar-refractivity contribution in [2.24, 2.45) is 0 Å². The molecule has 0 saturated carbocycles. The predicted molar refractivity (Wildman–Crippen MR) is 136 cm³/mol. The highest BCUT2D eigenvalue weighted by Gasteiger charge is 2.26. The Morgan fingerprint density at radius 1 is 0.941 bits per heavy atom. The minimum atomic E-state index is 0.00296. The van der Waals surface area contributed by atoms with Gasteiger partial charge in [0, 0.05) is 34.5 Å². The van der Waals surface area contributed by atoms with Gasteiger partial charge < -0.3 is 9.47 Å². The van der Waals surface area contributed by atoms with Gasteiger partial charge in [-0.2, -0.15) is 0 Å². The van der Waals surface area contributed by atoms with E-state index in [1.165, 1.54) is 16.2 Å². The van der Waals surface area contributed by atoms with Crippen LogP contribution in [-0.2, 0) is 13.1 Å². The average Bonchev–Trinajstić information content (AvgIpc) is 3.64. The summed E-state index contributed by atoms with van der Waals surface area (Å²) < 4.78 is 2.05. The molecule has 0 N–H and O–H groups in total. The maximum absolute atomic E-state index is 13.1. The molecule has 5 aromatic rings. The molecule has 1 aliphatic heterocycles. The summed E-state index contributed by atoms with van der Waals surface area (Å²) in [4.78, 5) is 20.9. The number of nitrogens with zero attached hydrogens (tertiary/aromatic N) is 5. The summed E-state index contributed by atoms with van der Waals surface area (Å²) in [5, 5.41) is 14.3. The molecule has 34 heavy (non-hydrogen) atoms. The maximum Gasteiger partial charge on any atom is 0.254 e. The third-order valence-electron chi connectivity index (χ3n) is 5.82. The standard InChI is InChI=1S/C25H18ClN5OS2/c26-19-5-2-1-4-18(19)24-27-20(15-34-24)23-29-28-22-14-30(11-12-31(22)23)25(32)17-9-7-16(8-10-17)21-6-3-13-33-21/h1-10,13,15H,11-12,14H2. The van der Waals surface area contributed by atoms with Gasteiger partial charge >= 0.3 is 0 Å². The predicted octanol–water partition coefficient (Wildman–Crippen LogP) is 6.11. The largest absolute Gasteiger partial charge is 0.329 e. The highest BCUT2D eigenvalue weighted by atomic mass is 35.5. The van der Waals surface area contributed by atoms with Crippen LogP contribution in [0.25, 0.3) is 32.5 Å². The topological polar surface area (TPSA) is 63.9 Å². The SMILES string of the molecule is O=C(c1ccc(-c2cccs2)cc1)N1CCn2c(nnc2-c2csc(-c3ccccc3Cl)n2)C1. The molecule has 9 heteroatoms. The second-order valence-corrected chi connectivity index (χ2v) is 10.1. The van der Waals surface area contributed by atoms with Gasteiger partial charge in [0.15, 0.2) is 11.6 Å². The fourth-order valence-electron chi connectivity index (χ4n) is 4.06. The zero-order valence-electron chi connectivity index (χ0n) is 17.9. The fourth-order valence-corrected chi connectivity index (χ4v) is 5.91. The number of benzene rings is 2. The first-order valence-electron chi connectivity index (χ1n) is 10.7. The minimum Gasteiger partial charge on any atom is -0.329 e. The molecule has 0 aliphatic carbocycles. The van der Waals surface area contributed by atoms with Gasteiger partial charge in [-0.15, -0.1) is 32.9 Å². The number of carbonyl (C=O) groups excluding carboxylic acids is 1. The first-order chi connectivity index (χ1) is 16.7. The molecule has 0 saturated heterocycles. The number of hydrogen-bond donors (Lipinski definition) is 0. The van der Waals surface area contributed by atoms with Crippen molar-refractivity contribution in [1.82, 2.24) is 24.6 Å². The first-order valence-corrected chi connectivity index (χ1v) is 12.9. The van der Waals surface area contributed by atoms with Crippen LogP contribution in [0.15, 0.2) is 71.4 Å². The zero-order chi connectivity index (χ0) is 23.1. The number of thiophene rings is 1. The Kier molecular flexibility index (Phi) is 5.49. The van der Waals surface area contributed by atoms with Crippen LogP contribution in [0.2, 0.25) is 5.02 Å². The number of rotatable bonds is 4. The van der Waals surface area contributed by atoms with Crippen LogP contribution < -0.4 is 0 Å². The Labute approximate surface area is 209 Å². The second kappa shape index (κ2) is 8.79. The number of aromatic nitrogens is 4. The van der Waals surface area contributed by atoms with E-state index in [0.29, 0.717) is 30.2 Å². The Bertz CT molecular complexity index is 1470. The van der Waals surface area contributed by atoms with E-state index in [0.717, 1.165) is 33.5 Å². The van der Waals surface area contributed by atoms with Gasteiger partial charge in [-0.25, -0.2) is 4.98 Å². The van der Waals surface area contributed by atoms with Crippen molar-refractivity contribution >= 4 is 40.2 Å². The second-order valence-electron chi connectivity index (χ2n) is 7.89. The molecule has 0 spiro atoms. The number of halogens is 1. The highest BCUT2D eigenvalue weighted by Crippen LogP contribution is 2.33. The Morgan fingerprint density at radius 3 is 2.59 bits per heavy atom. The molecule has 1 aliphatic rings. The van der Waals surface area contributed by atoms with Gasteiger partial charge in [-0.1, -0.05) is 48.0 Å². The quantitative estimate of drug-likeness (QED) is 0.297. The molecular formula is C25H18ClN5OS2. The molecule has 2 aromatic carbocycles. The summed E-state index contributed by atoms with van der Waals surface area (Å²) in [5.74, 6) is 1.48. The third-order valence-corrected chi connectivity index (χ3v) is 7.94. The van der Waals surface area contributed by atoms with Crippen LogP contribution in [0.3, 0.4) is 0 Å². The van der Waals surface area contributed by atoms with Crippen molar-refractivity contribution in [3.8, 4) is 32.5 Å². The molecule has 6 nitrogen and oxygen atoms in total. The van der Waals surface area contributed by atoms with Gasteiger partial charge in [-0.3, -0.25) is 4.79 Å². The van der Waals surface area contributed by atoms with Crippen molar-refractivity contribution < 1.29 is 4.79 Å². The average molecular weight is 504 g/mol.